The zero-order valence-electron chi connectivity index (χ0n) is 18.2. The largest absolute Gasteiger partial charge is 0.494 e. The van der Waals surface area contributed by atoms with Crippen LogP contribution in [0.1, 0.15) is 22.8 Å². The number of anilines is 1. The van der Waals surface area contributed by atoms with Crippen LogP contribution in [-0.2, 0) is 11.3 Å². The number of carbonyl (C=O) groups is 2. The summed E-state index contributed by atoms with van der Waals surface area (Å²) in [5, 5.41) is 3.46. The van der Waals surface area contributed by atoms with Crippen molar-refractivity contribution in [3.63, 3.8) is 0 Å². The van der Waals surface area contributed by atoms with Gasteiger partial charge in [-0.25, -0.2) is 4.39 Å². The number of pyridine rings is 1. The molecular formula is C26H20ClFN2O4. The number of benzene rings is 3. The molecule has 0 aliphatic carbocycles. The highest BCUT2D eigenvalue weighted by atomic mass is 35.5. The molecule has 1 N–H and O–H groups in total. The van der Waals surface area contributed by atoms with Crippen LogP contribution in [0.3, 0.4) is 0 Å². The summed E-state index contributed by atoms with van der Waals surface area (Å²) in [5.41, 5.74) is 0.504. The molecule has 6 nitrogen and oxygen atoms in total. The number of aromatic nitrogens is 1. The van der Waals surface area contributed by atoms with Crippen molar-refractivity contribution in [1.29, 1.82) is 0 Å². The average Bonchev–Trinajstić information content (AvgIpc) is 2.81. The smallest absolute Gasteiger partial charge is 0.244 e. The molecule has 0 atom stereocenters. The fraction of sp³-hybridized carbons (Fsp3) is 0.115. The van der Waals surface area contributed by atoms with Gasteiger partial charge >= 0.3 is 0 Å². The van der Waals surface area contributed by atoms with Gasteiger partial charge in [0.25, 0.3) is 0 Å². The van der Waals surface area contributed by atoms with E-state index in [4.69, 9.17) is 16.3 Å². The van der Waals surface area contributed by atoms with Crippen LogP contribution in [0.2, 0.25) is 5.02 Å². The number of fused-ring (bicyclic) bond motifs is 1. The molecule has 1 aromatic heterocycles. The Morgan fingerprint density at radius 1 is 1.06 bits per heavy atom. The van der Waals surface area contributed by atoms with Gasteiger partial charge in [0, 0.05) is 22.5 Å². The second kappa shape index (κ2) is 9.89. The Labute approximate surface area is 199 Å². The van der Waals surface area contributed by atoms with E-state index < -0.39 is 17.0 Å². The predicted octanol–water partition coefficient (Wildman–Crippen LogP) is 5.06. The summed E-state index contributed by atoms with van der Waals surface area (Å²) in [6.07, 6.45) is 1.36. The van der Waals surface area contributed by atoms with Crippen molar-refractivity contribution in [2.24, 2.45) is 0 Å². The lowest BCUT2D eigenvalue weighted by Crippen LogP contribution is -2.24. The zero-order chi connectivity index (χ0) is 24.2. The van der Waals surface area contributed by atoms with Crippen molar-refractivity contribution in [1.82, 2.24) is 4.57 Å². The molecular weight excluding hydrogens is 459 g/mol. The molecule has 0 fully saturated rings. The van der Waals surface area contributed by atoms with E-state index in [1.165, 1.54) is 22.9 Å². The Hall–Kier alpha value is -3.97. The molecule has 0 aliphatic rings. The first-order valence-electron chi connectivity index (χ1n) is 10.5. The summed E-state index contributed by atoms with van der Waals surface area (Å²) in [6.45, 7) is 2.05. The van der Waals surface area contributed by atoms with Gasteiger partial charge < -0.3 is 14.6 Å². The lowest BCUT2D eigenvalue weighted by molar-refractivity contribution is -0.116. The maximum atomic E-state index is 13.3. The number of rotatable bonds is 7. The average molecular weight is 479 g/mol. The normalized spacial score (nSPS) is 10.8. The molecule has 0 saturated heterocycles. The molecule has 1 heterocycles. The number of halogens is 2. The number of carbonyl (C=O) groups excluding carboxylic acids is 2. The zero-order valence-corrected chi connectivity index (χ0v) is 18.9. The lowest BCUT2D eigenvalue weighted by atomic mass is 10.0. The number of nitrogens with one attached hydrogen (secondary N) is 1. The molecule has 0 unspecified atom stereocenters. The van der Waals surface area contributed by atoms with Crippen LogP contribution in [0.5, 0.6) is 5.75 Å². The summed E-state index contributed by atoms with van der Waals surface area (Å²) in [4.78, 5) is 39.1. The minimum absolute atomic E-state index is 0.136. The van der Waals surface area contributed by atoms with E-state index in [0.29, 0.717) is 28.6 Å². The summed E-state index contributed by atoms with van der Waals surface area (Å²) < 4.78 is 20.4. The van der Waals surface area contributed by atoms with Crippen LogP contribution in [0.15, 0.2) is 77.7 Å². The maximum absolute atomic E-state index is 13.3. The predicted molar refractivity (Wildman–Crippen MR) is 129 cm³/mol. The third kappa shape index (κ3) is 5.00. The van der Waals surface area contributed by atoms with Crippen LogP contribution >= 0.6 is 11.6 Å². The van der Waals surface area contributed by atoms with Crippen molar-refractivity contribution >= 4 is 39.9 Å². The van der Waals surface area contributed by atoms with Gasteiger partial charge in [-0.2, -0.15) is 0 Å². The standard InChI is InChI=1S/C26H20ClFN2O4/c1-2-34-20-10-11-23-21(13-20)26(33)22(25(32)16-6-8-18(28)9-7-16)14-30(23)15-24(31)29-19-5-3-4-17(27)12-19/h3-14H,2,15H2,1H3,(H,29,31). The van der Waals surface area contributed by atoms with E-state index in [2.05, 4.69) is 5.32 Å². The topological polar surface area (TPSA) is 77.4 Å². The van der Waals surface area contributed by atoms with Gasteiger partial charge in [-0.15, -0.1) is 0 Å². The fourth-order valence-electron chi connectivity index (χ4n) is 3.60. The van der Waals surface area contributed by atoms with Gasteiger partial charge in [-0.1, -0.05) is 17.7 Å². The van der Waals surface area contributed by atoms with Crippen LogP contribution in [-0.4, -0.2) is 22.9 Å². The van der Waals surface area contributed by atoms with Crippen molar-refractivity contribution in [3.05, 3.63) is 105 Å². The summed E-state index contributed by atoms with van der Waals surface area (Å²) in [7, 11) is 0. The van der Waals surface area contributed by atoms with Crippen molar-refractivity contribution in [2.75, 3.05) is 11.9 Å². The summed E-state index contributed by atoms with van der Waals surface area (Å²) in [6, 6.07) is 16.6. The Kier molecular flexibility index (Phi) is 6.75. The number of nitrogens with zero attached hydrogens (tertiary/aromatic N) is 1. The van der Waals surface area contributed by atoms with E-state index in [9.17, 15) is 18.8 Å². The molecule has 4 aromatic rings. The number of amides is 1. The van der Waals surface area contributed by atoms with Crippen LogP contribution < -0.4 is 15.5 Å². The van der Waals surface area contributed by atoms with Gasteiger partial charge in [-0.05, 0) is 67.6 Å². The Balaban J connectivity index is 1.78. The van der Waals surface area contributed by atoms with Crippen LogP contribution in [0, 0.1) is 5.82 Å². The van der Waals surface area contributed by atoms with E-state index in [-0.39, 0.29) is 29.0 Å². The molecule has 0 saturated carbocycles. The molecule has 1 amide bonds. The summed E-state index contributed by atoms with van der Waals surface area (Å²) >= 11 is 5.98. The van der Waals surface area contributed by atoms with E-state index in [1.807, 2.05) is 6.92 Å². The minimum atomic E-state index is -0.572. The molecule has 34 heavy (non-hydrogen) atoms. The molecule has 0 radical (unpaired) electrons. The molecule has 0 aliphatic heterocycles. The Bertz CT molecular complexity index is 1450. The van der Waals surface area contributed by atoms with E-state index in [0.717, 1.165) is 12.1 Å². The number of ketones is 1. The van der Waals surface area contributed by atoms with Gasteiger partial charge in [0.05, 0.1) is 23.1 Å². The molecule has 172 valence electrons. The second-order valence-electron chi connectivity index (χ2n) is 7.51. The molecule has 0 bridgehead atoms. The lowest BCUT2D eigenvalue weighted by Gasteiger charge is -2.14. The number of ether oxygens (including phenoxy) is 1. The highest BCUT2D eigenvalue weighted by molar-refractivity contribution is 6.30. The Morgan fingerprint density at radius 3 is 2.53 bits per heavy atom. The van der Waals surface area contributed by atoms with Crippen molar-refractivity contribution in [2.45, 2.75) is 13.5 Å². The molecule has 0 spiro atoms. The third-order valence-corrected chi connectivity index (χ3v) is 5.37. The highest BCUT2D eigenvalue weighted by Crippen LogP contribution is 2.21. The monoisotopic (exact) mass is 478 g/mol. The number of hydrogen-bond acceptors (Lipinski definition) is 4. The Morgan fingerprint density at radius 2 is 1.82 bits per heavy atom. The van der Waals surface area contributed by atoms with Crippen LogP contribution in [0.25, 0.3) is 10.9 Å². The van der Waals surface area contributed by atoms with E-state index in [1.54, 1.807) is 42.5 Å². The fourth-order valence-corrected chi connectivity index (χ4v) is 3.79. The van der Waals surface area contributed by atoms with Gasteiger partial charge in [-0.3, -0.25) is 14.4 Å². The van der Waals surface area contributed by atoms with E-state index >= 15 is 0 Å². The molecule has 8 heteroatoms. The first kappa shape index (κ1) is 23.2. The summed E-state index contributed by atoms with van der Waals surface area (Å²) in [5.74, 6) is -0.973. The first-order chi connectivity index (χ1) is 16.4. The quantitative estimate of drug-likeness (QED) is 0.376. The van der Waals surface area contributed by atoms with Gasteiger partial charge in [0.2, 0.25) is 11.3 Å². The van der Waals surface area contributed by atoms with Crippen molar-refractivity contribution in [3.8, 4) is 5.75 Å². The minimum Gasteiger partial charge on any atom is -0.494 e. The van der Waals surface area contributed by atoms with Gasteiger partial charge in [0.1, 0.15) is 18.1 Å². The first-order valence-corrected chi connectivity index (χ1v) is 10.9. The third-order valence-electron chi connectivity index (χ3n) is 5.14. The van der Waals surface area contributed by atoms with Crippen LogP contribution in [0.4, 0.5) is 10.1 Å². The van der Waals surface area contributed by atoms with Crippen molar-refractivity contribution < 1.29 is 18.7 Å². The maximum Gasteiger partial charge on any atom is 0.244 e. The SMILES string of the molecule is CCOc1ccc2c(c1)c(=O)c(C(=O)c1ccc(F)cc1)cn2CC(=O)Nc1cccc(Cl)c1. The second-order valence-corrected chi connectivity index (χ2v) is 7.94. The molecule has 3 aromatic carbocycles. The number of hydrogen-bond donors (Lipinski definition) is 1. The van der Waals surface area contributed by atoms with Gasteiger partial charge in [0.15, 0.2) is 5.78 Å². The molecule has 4 rings (SSSR count). The highest BCUT2D eigenvalue weighted by Gasteiger charge is 2.19.